The highest BCUT2D eigenvalue weighted by Gasteiger charge is 2.43. The average Bonchev–Trinajstić information content (AvgIpc) is 2.88. The molecule has 1 fully saturated rings. The Kier molecular flexibility index (Phi) is 7.60. The molecule has 176 valence electrons. The predicted octanol–water partition coefficient (Wildman–Crippen LogP) is 5.07. The van der Waals surface area contributed by atoms with Crippen LogP contribution in [0, 0.1) is 5.92 Å². The normalized spacial score (nSPS) is 20.1. The molecule has 6 nitrogen and oxygen atoms in total. The van der Waals surface area contributed by atoms with Gasteiger partial charge in [-0.25, -0.2) is 9.59 Å². The number of amides is 1. The van der Waals surface area contributed by atoms with Gasteiger partial charge >= 0.3 is 12.1 Å². The molecule has 0 bridgehead atoms. The summed E-state index contributed by atoms with van der Waals surface area (Å²) in [4.78, 5) is 27.5. The van der Waals surface area contributed by atoms with Crippen LogP contribution in [0.1, 0.15) is 42.6 Å². The summed E-state index contributed by atoms with van der Waals surface area (Å²) in [5.41, 5.74) is 2.47. The van der Waals surface area contributed by atoms with Crippen LogP contribution in [0.2, 0.25) is 0 Å². The molecule has 34 heavy (non-hydrogen) atoms. The molecule has 3 aromatic carbocycles. The van der Waals surface area contributed by atoms with Crippen LogP contribution in [0.25, 0.3) is 0 Å². The summed E-state index contributed by atoms with van der Waals surface area (Å²) in [6.07, 6.45) is -1.53. The van der Waals surface area contributed by atoms with Crippen LogP contribution >= 0.6 is 0 Å². The Hall–Kier alpha value is -3.64. The van der Waals surface area contributed by atoms with E-state index in [2.05, 4.69) is 0 Å². The smallest absolute Gasteiger partial charge is 0.412 e. The molecule has 3 atom stereocenters. The van der Waals surface area contributed by atoms with E-state index >= 15 is 0 Å². The Labute approximate surface area is 199 Å². The van der Waals surface area contributed by atoms with Gasteiger partial charge in [-0.05, 0) is 29.5 Å². The second-order valence-corrected chi connectivity index (χ2v) is 8.57. The van der Waals surface area contributed by atoms with Gasteiger partial charge in [0.2, 0.25) is 0 Å². The lowest BCUT2D eigenvalue weighted by Crippen LogP contribution is -2.56. The van der Waals surface area contributed by atoms with Crippen molar-refractivity contribution >= 4 is 12.1 Å². The molecule has 1 amide bonds. The number of aliphatic hydroxyl groups excluding tert-OH is 1. The van der Waals surface area contributed by atoms with E-state index in [0.717, 1.165) is 21.6 Å². The van der Waals surface area contributed by atoms with Crippen LogP contribution in [0.15, 0.2) is 91.0 Å². The van der Waals surface area contributed by atoms with Gasteiger partial charge in [0.1, 0.15) is 18.9 Å². The first kappa shape index (κ1) is 23.5. The zero-order valence-electron chi connectivity index (χ0n) is 19.1. The number of nitrogens with zero attached hydrogens (tertiary/aromatic N) is 1. The van der Waals surface area contributed by atoms with E-state index in [9.17, 15) is 14.7 Å². The summed E-state index contributed by atoms with van der Waals surface area (Å²) < 4.78 is 11.4. The van der Waals surface area contributed by atoms with Crippen molar-refractivity contribution in [2.75, 3.05) is 0 Å². The molecule has 0 radical (unpaired) electrons. The van der Waals surface area contributed by atoms with Gasteiger partial charge in [-0.3, -0.25) is 4.90 Å². The highest BCUT2D eigenvalue weighted by atomic mass is 16.6. The molecule has 0 saturated carbocycles. The summed E-state index contributed by atoms with van der Waals surface area (Å²) in [7, 11) is 0. The third-order valence-corrected chi connectivity index (χ3v) is 6.15. The largest absolute Gasteiger partial charge is 0.451 e. The Morgan fingerprint density at radius 1 is 0.882 bits per heavy atom. The number of ether oxygens (including phenoxy) is 2. The third-order valence-electron chi connectivity index (χ3n) is 6.15. The fourth-order valence-corrected chi connectivity index (χ4v) is 4.21. The summed E-state index contributed by atoms with van der Waals surface area (Å²) in [5, 5.41) is 10.8. The first-order valence-electron chi connectivity index (χ1n) is 11.5. The fraction of sp³-hybridized carbons (Fsp3) is 0.286. The number of aliphatic hydroxyl groups is 1. The van der Waals surface area contributed by atoms with Crippen molar-refractivity contribution in [2.45, 2.75) is 44.7 Å². The van der Waals surface area contributed by atoms with Crippen molar-refractivity contribution in [1.29, 1.82) is 0 Å². The van der Waals surface area contributed by atoms with Gasteiger partial charge in [0.05, 0.1) is 0 Å². The second-order valence-electron chi connectivity index (χ2n) is 8.57. The van der Waals surface area contributed by atoms with E-state index in [1.165, 1.54) is 0 Å². The SMILES string of the molecule is C[C@@H]1CC[C@@H](C(=O)OC(c2ccccc2)c2ccccc2)N(C(=O)OCc2ccccc2)[C@@H]1O. The molecule has 6 heteroatoms. The standard InChI is InChI=1S/C28H29NO5/c1-20-17-18-24(29(26(20)30)28(32)33-19-21-11-5-2-6-12-21)27(31)34-25(22-13-7-3-8-14-22)23-15-9-4-10-16-23/h2-16,20,24-26,30H,17-19H2,1H3/t20-,24+,26-/m1/s1. The molecule has 0 aliphatic carbocycles. The second kappa shape index (κ2) is 11.0. The molecule has 1 aliphatic rings. The monoisotopic (exact) mass is 459 g/mol. The molecular weight excluding hydrogens is 430 g/mol. The van der Waals surface area contributed by atoms with E-state index in [1.807, 2.05) is 97.9 Å². The first-order valence-corrected chi connectivity index (χ1v) is 11.5. The van der Waals surface area contributed by atoms with Crippen molar-refractivity contribution in [2.24, 2.45) is 5.92 Å². The van der Waals surface area contributed by atoms with E-state index in [0.29, 0.717) is 12.8 Å². The topological polar surface area (TPSA) is 76.1 Å². The molecule has 0 spiro atoms. The first-order chi connectivity index (χ1) is 16.5. The molecule has 0 unspecified atom stereocenters. The fourth-order valence-electron chi connectivity index (χ4n) is 4.21. The quantitative estimate of drug-likeness (QED) is 0.521. The van der Waals surface area contributed by atoms with Crippen LogP contribution in [0.4, 0.5) is 4.79 Å². The summed E-state index contributed by atoms with van der Waals surface area (Å²) in [6.45, 7) is 1.90. The maximum Gasteiger partial charge on any atom is 0.412 e. The minimum absolute atomic E-state index is 0.0513. The van der Waals surface area contributed by atoms with Crippen LogP contribution in [0.5, 0.6) is 0 Å². The van der Waals surface area contributed by atoms with E-state index in [-0.39, 0.29) is 12.5 Å². The molecule has 1 heterocycles. The zero-order chi connectivity index (χ0) is 23.9. The number of benzene rings is 3. The van der Waals surface area contributed by atoms with Crippen LogP contribution in [0.3, 0.4) is 0 Å². The minimum atomic E-state index is -1.14. The highest BCUT2D eigenvalue weighted by Crippen LogP contribution is 2.32. The predicted molar refractivity (Wildman–Crippen MR) is 127 cm³/mol. The van der Waals surface area contributed by atoms with Crippen LogP contribution in [-0.4, -0.2) is 34.3 Å². The maximum atomic E-state index is 13.4. The number of carbonyl (C=O) groups excluding carboxylic acids is 2. The van der Waals surface area contributed by atoms with Crippen LogP contribution in [-0.2, 0) is 20.9 Å². The van der Waals surface area contributed by atoms with Gasteiger partial charge in [0, 0.05) is 5.92 Å². The summed E-state index contributed by atoms with van der Waals surface area (Å²) >= 11 is 0. The van der Waals surface area contributed by atoms with Crippen LogP contribution < -0.4 is 0 Å². The van der Waals surface area contributed by atoms with E-state index in [1.54, 1.807) is 0 Å². The lowest BCUT2D eigenvalue weighted by Gasteiger charge is -2.40. The van der Waals surface area contributed by atoms with Crippen molar-refractivity contribution in [3.63, 3.8) is 0 Å². The lowest BCUT2D eigenvalue weighted by atomic mass is 9.92. The zero-order valence-corrected chi connectivity index (χ0v) is 19.1. The molecule has 0 aromatic heterocycles. The Morgan fingerprint density at radius 2 is 1.41 bits per heavy atom. The van der Waals surface area contributed by atoms with Gasteiger partial charge in [-0.15, -0.1) is 0 Å². The minimum Gasteiger partial charge on any atom is -0.451 e. The van der Waals surface area contributed by atoms with E-state index in [4.69, 9.17) is 9.47 Å². The number of hydrogen-bond acceptors (Lipinski definition) is 5. The third kappa shape index (κ3) is 5.46. The van der Waals surface area contributed by atoms with Gasteiger partial charge in [0.25, 0.3) is 0 Å². The number of rotatable bonds is 6. The number of carbonyl (C=O) groups is 2. The Bertz CT molecular complexity index is 1030. The number of esters is 1. The van der Waals surface area contributed by atoms with Crippen molar-refractivity contribution in [1.82, 2.24) is 4.90 Å². The molecule has 1 aliphatic heterocycles. The molecule has 4 rings (SSSR count). The maximum absolute atomic E-state index is 13.4. The Balaban J connectivity index is 1.54. The van der Waals surface area contributed by atoms with Gasteiger partial charge in [-0.1, -0.05) is 97.9 Å². The number of hydrogen-bond donors (Lipinski definition) is 1. The Morgan fingerprint density at radius 3 is 1.97 bits per heavy atom. The van der Waals surface area contributed by atoms with Gasteiger partial charge < -0.3 is 14.6 Å². The number of piperidine rings is 1. The average molecular weight is 460 g/mol. The molecular formula is C28H29NO5. The number of likely N-dealkylation sites (tertiary alicyclic amines) is 1. The van der Waals surface area contributed by atoms with Crippen molar-refractivity contribution in [3.05, 3.63) is 108 Å². The highest BCUT2D eigenvalue weighted by molar-refractivity contribution is 5.82. The summed E-state index contributed by atoms with van der Waals surface area (Å²) in [5.74, 6) is -0.757. The molecule has 1 saturated heterocycles. The van der Waals surface area contributed by atoms with Crippen molar-refractivity contribution < 1.29 is 24.2 Å². The van der Waals surface area contributed by atoms with Gasteiger partial charge in [0.15, 0.2) is 6.10 Å². The molecule has 1 N–H and O–H groups in total. The lowest BCUT2D eigenvalue weighted by molar-refractivity contribution is -0.164. The molecule has 3 aromatic rings. The van der Waals surface area contributed by atoms with Crippen molar-refractivity contribution in [3.8, 4) is 0 Å². The van der Waals surface area contributed by atoms with E-state index < -0.39 is 30.4 Å². The summed E-state index contributed by atoms with van der Waals surface area (Å²) in [6, 6.07) is 27.3. The van der Waals surface area contributed by atoms with Gasteiger partial charge in [-0.2, -0.15) is 0 Å².